The zero-order valence-electron chi connectivity index (χ0n) is 7.86. The number of ether oxygens (including phenoxy) is 1. The molecule has 0 unspecified atom stereocenters. The molecule has 0 bridgehead atoms. The van der Waals surface area contributed by atoms with Gasteiger partial charge in [-0.3, -0.25) is 0 Å². The molecule has 0 aromatic heterocycles. The fraction of sp³-hybridized carbons (Fsp3) is 0.100. The van der Waals surface area contributed by atoms with Crippen molar-refractivity contribution < 1.29 is 27.8 Å². The number of hydrogen-bond donors (Lipinski definition) is 1. The van der Waals surface area contributed by atoms with E-state index in [9.17, 15) is 18.0 Å². The van der Waals surface area contributed by atoms with Gasteiger partial charge in [0, 0.05) is 17.7 Å². The first kappa shape index (κ1) is 12.1. The molecule has 1 rings (SSSR count). The van der Waals surface area contributed by atoms with Gasteiger partial charge >= 0.3 is 12.6 Å². The molecule has 3 nitrogen and oxygen atoms in total. The van der Waals surface area contributed by atoms with Crippen LogP contribution in [0.15, 0.2) is 24.3 Å². The van der Waals surface area contributed by atoms with Crippen LogP contribution in [0, 0.1) is 5.82 Å². The molecule has 6 heteroatoms. The number of carboxylic acids is 1. The molecule has 0 radical (unpaired) electrons. The van der Waals surface area contributed by atoms with Crippen LogP contribution in [-0.2, 0) is 4.79 Å². The van der Waals surface area contributed by atoms with Gasteiger partial charge in [0.25, 0.3) is 0 Å². The minimum atomic E-state index is -3.10. The van der Waals surface area contributed by atoms with Gasteiger partial charge in [-0.2, -0.15) is 8.78 Å². The molecule has 0 spiro atoms. The zero-order chi connectivity index (χ0) is 12.1. The molecule has 0 aliphatic heterocycles. The molecule has 0 fully saturated rings. The monoisotopic (exact) mass is 232 g/mol. The van der Waals surface area contributed by atoms with Crippen molar-refractivity contribution in [3.63, 3.8) is 0 Å². The van der Waals surface area contributed by atoms with E-state index in [1.807, 2.05) is 0 Å². The number of aliphatic carboxylic acids is 1. The van der Waals surface area contributed by atoms with E-state index >= 15 is 0 Å². The Labute approximate surface area is 88.8 Å². The number of rotatable bonds is 4. The van der Waals surface area contributed by atoms with Crippen molar-refractivity contribution in [2.24, 2.45) is 0 Å². The van der Waals surface area contributed by atoms with Crippen LogP contribution in [0.3, 0.4) is 0 Å². The molecule has 1 aromatic carbocycles. The van der Waals surface area contributed by atoms with Gasteiger partial charge in [0.2, 0.25) is 0 Å². The number of carboxylic acid groups (broad SMARTS) is 1. The van der Waals surface area contributed by atoms with E-state index in [1.165, 1.54) is 0 Å². The van der Waals surface area contributed by atoms with Crippen molar-refractivity contribution in [1.82, 2.24) is 0 Å². The van der Waals surface area contributed by atoms with Gasteiger partial charge < -0.3 is 9.84 Å². The van der Waals surface area contributed by atoms with Crippen molar-refractivity contribution in [2.45, 2.75) is 6.61 Å². The Morgan fingerprint density at radius 3 is 2.69 bits per heavy atom. The summed E-state index contributed by atoms with van der Waals surface area (Å²) in [7, 11) is 0. The van der Waals surface area contributed by atoms with Crippen molar-refractivity contribution in [2.75, 3.05) is 0 Å². The Balaban J connectivity index is 3.02. The molecule has 0 heterocycles. The quantitative estimate of drug-likeness (QED) is 0.811. The molecule has 1 aromatic rings. The summed E-state index contributed by atoms with van der Waals surface area (Å²) in [6.07, 6.45) is 1.78. The van der Waals surface area contributed by atoms with Gasteiger partial charge in [-0.1, -0.05) is 0 Å². The molecule has 0 saturated carbocycles. The summed E-state index contributed by atoms with van der Waals surface area (Å²) in [4.78, 5) is 10.2. The second kappa shape index (κ2) is 5.20. The highest BCUT2D eigenvalue weighted by molar-refractivity contribution is 5.85. The molecular formula is C10H7F3O3. The van der Waals surface area contributed by atoms with E-state index in [0.29, 0.717) is 0 Å². The summed E-state index contributed by atoms with van der Waals surface area (Å²) in [6, 6.07) is 2.92. The Kier molecular flexibility index (Phi) is 3.93. The molecular weight excluding hydrogens is 225 g/mol. The summed E-state index contributed by atoms with van der Waals surface area (Å²) in [5.74, 6) is -2.40. The van der Waals surface area contributed by atoms with Crippen molar-refractivity contribution in [3.05, 3.63) is 35.7 Å². The number of alkyl halides is 2. The van der Waals surface area contributed by atoms with Gasteiger partial charge in [-0.05, 0) is 18.2 Å². The minimum absolute atomic E-state index is 0.0594. The standard InChI is InChI=1S/C10H7F3O3/c11-7-3-1-6(2-4-9(14)15)8(5-7)16-10(12)13/h1-5,10H,(H,14,15)/b4-2+. The number of carbonyl (C=O) groups is 1. The molecule has 1 N–H and O–H groups in total. The van der Waals surface area contributed by atoms with Crippen LogP contribution in [0.4, 0.5) is 13.2 Å². The average molecular weight is 232 g/mol. The smallest absolute Gasteiger partial charge is 0.387 e. The third-order valence-electron chi connectivity index (χ3n) is 1.60. The first-order chi connectivity index (χ1) is 7.49. The van der Waals surface area contributed by atoms with E-state index in [2.05, 4.69) is 4.74 Å². The molecule has 0 amide bonds. The van der Waals surface area contributed by atoms with Gasteiger partial charge in [0.15, 0.2) is 0 Å². The van der Waals surface area contributed by atoms with Crippen LogP contribution in [0.1, 0.15) is 5.56 Å². The van der Waals surface area contributed by atoms with E-state index in [-0.39, 0.29) is 5.56 Å². The summed E-state index contributed by atoms with van der Waals surface area (Å²) in [5, 5.41) is 8.35. The van der Waals surface area contributed by atoms with Crippen molar-refractivity contribution >= 4 is 12.0 Å². The highest BCUT2D eigenvalue weighted by atomic mass is 19.3. The molecule has 0 aliphatic rings. The van der Waals surface area contributed by atoms with Crippen LogP contribution in [0.5, 0.6) is 5.75 Å². The van der Waals surface area contributed by atoms with Crippen LogP contribution >= 0.6 is 0 Å². The third kappa shape index (κ3) is 3.64. The summed E-state index contributed by atoms with van der Waals surface area (Å²) < 4.78 is 40.7. The topological polar surface area (TPSA) is 46.5 Å². The Morgan fingerprint density at radius 1 is 1.44 bits per heavy atom. The van der Waals surface area contributed by atoms with E-state index in [0.717, 1.165) is 30.4 Å². The van der Waals surface area contributed by atoms with E-state index in [1.54, 1.807) is 0 Å². The molecule has 0 saturated heterocycles. The largest absolute Gasteiger partial charge is 0.478 e. The Hall–Kier alpha value is -1.98. The van der Waals surface area contributed by atoms with Crippen LogP contribution in [0.2, 0.25) is 0 Å². The molecule has 0 atom stereocenters. The maximum absolute atomic E-state index is 12.7. The number of benzene rings is 1. The van der Waals surface area contributed by atoms with Gasteiger partial charge in [-0.15, -0.1) is 0 Å². The first-order valence-electron chi connectivity index (χ1n) is 4.14. The Bertz CT molecular complexity index is 416. The predicted octanol–water partition coefficient (Wildman–Crippen LogP) is 2.52. The molecule has 16 heavy (non-hydrogen) atoms. The summed E-state index contributed by atoms with van der Waals surface area (Å²) in [5.41, 5.74) is 0.0594. The number of halogens is 3. The zero-order valence-corrected chi connectivity index (χ0v) is 7.86. The van der Waals surface area contributed by atoms with E-state index < -0.39 is 24.1 Å². The van der Waals surface area contributed by atoms with Gasteiger partial charge in [-0.25, -0.2) is 9.18 Å². The summed E-state index contributed by atoms with van der Waals surface area (Å²) >= 11 is 0. The fourth-order valence-electron chi connectivity index (χ4n) is 1.01. The van der Waals surface area contributed by atoms with Crippen molar-refractivity contribution in [1.29, 1.82) is 0 Å². The maximum atomic E-state index is 12.7. The lowest BCUT2D eigenvalue weighted by Crippen LogP contribution is -2.03. The first-order valence-corrected chi connectivity index (χ1v) is 4.14. The van der Waals surface area contributed by atoms with E-state index in [4.69, 9.17) is 5.11 Å². The lowest BCUT2D eigenvalue weighted by molar-refractivity contribution is -0.131. The maximum Gasteiger partial charge on any atom is 0.387 e. The SMILES string of the molecule is O=C(O)/C=C/c1ccc(F)cc1OC(F)F. The molecule has 86 valence electrons. The summed E-state index contributed by atoms with van der Waals surface area (Å²) in [6.45, 7) is -3.10. The highest BCUT2D eigenvalue weighted by Gasteiger charge is 2.09. The van der Waals surface area contributed by atoms with Crippen LogP contribution < -0.4 is 4.74 Å². The second-order valence-corrected chi connectivity index (χ2v) is 2.73. The second-order valence-electron chi connectivity index (χ2n) is 2.73. The van der Waals surface area contributed by atoms with Crippen molar-refractivity contribution in [3.8, 4) is 5.75 Å². The average Bonchev–Trinajstić information content (AvgIpc) is 2.15. The van der Waals surface area contributed by atoms with Crippen LogP contribution in [0.25, 0.3) is 6.08 Å². The number of hydrogen-bond acceptors (Lipinski definition) is 2. The predicted molar refractivity (Wildman–Crippen MR) is 49.7 cm³/mol. The molecule has 0 aliphatic carbocycles. The normalized spacial score (nSPS) is 11.0. The van der Waals surface area contributed by atoms with Gasteiger partial charge in [0.05, 0.1) is 0 Å². The van der Waals surface area contributed by atoms with Gasteiger partial charge in [0.1, 0.15) is 11.6 Å². The lowest BCUT2D eigenvalue weighted by atomic mass is 10.2. The highest BCUT2D eigenvalue weighted by Crippen LogP contribution is 2.23. The Morgan fingerprint density at radius 2 is 2.12 bits per heavy atom. The minimum Gasteiger partial charge on any atom is -0.478 e. The third-order valence-corrected chi connectivity index (χ3v) is 1.60. The lowest BCUT2D eigenvalue weighted by Gasteiger charge is -2.07. The van der Waals surface area contributed by atoms with Crippen LogP contribution in [-0.4, -0.2) is 17.7 Å². The fourth-order valence-corrected chi connectivity index (χ4v) is 1.01.